The van der Waals surface area contributed by atoms with E-state index in [1.165, 1.54) is 12.1 Å². The summed E-state index contributed by atoms with van der Waals surface area (Å²) in [5.41, 5.74) is 6.88. The first-order chi connectivity index (χ1) is 6.68. The molecular formula is C12H12FN. The van der Waals surface area contributed by atoms with Gasteiger partial charge >= 0.3 is 0 Å². The highest BCUT2D eigenvalue weighted by Gasteiger charge is 2.04. The topological polar surface area (TPSA) is 26.0 Å². The Kier molecular flexibility index (Phi) is 2.22. The summed E-state index contributed by atoms with van der Waals surface area (Å²) in [6.07, 6.45) is 0. The molecule has 0 aliphatic rings. The van der Waals surface area contributed by atoms with E-state index in [-0.39, 0.29) is 11.9 Å². The van der Waals surface area contributed by atoms with Gasteiger partial charge in [-0.1, -0.05) is 24.3 Å². The van der Waals surface area contributed by atoms with Gasteiger partial charge in [-0.25, -0.2) is 4.39 Å². The highest BCUT2D eigenvalue weighted by molar-refractivity contribution is 5.86. The summed E-state index contributed by atoms with van der Waals surface area (Å²) >= 11 is 0. The molecule has 0 spiro atoms. The summed E-state index contributed by atoms with van der Waals surface area (Å²) in [4.78, 5) is 0. The van der Waals surface area contributed by atoms with Crippen LogP contribution in [0.4, 0.5) is 4.39 Å². The van der Waals surface area contributed by atoms with E-state index >= 15 is 0 Å². The molecule has 0 heterocycles. The van der Waals surface area contributed by atoms with Gasteiger partial charge in [0.1, 0.15) is 5.82 Å². The van der Waals surface area contributed by atoms with E-state index in [0.717, 1.165) is 16.3 Å². The van der Waals surface area contributed by atoms with Crippen molar-refractivity contribution in [1.29, 1.82) is 0 Å². The van der Waals surface area contributed by atoms with Gasteiger partial charge in [0.25, 0.3) is 0 Å². The first-order valence-electron chi connectivity index (χ1n) is 4.62. The van der Waals surface area contributed by atoms with Gasteiger partial charge in [0, 0.05) is 6.04 Å². The molecule has 0 saturated carbocycles. The predicted octanol–water partition coefficient (Wildman–Crippen LogP) is 3.00. The molecule has 0 amide bonds. The molecule has 0 aliphatic heterocycles. The summed E-state index contributed by atoms with van der Waals surface area (Å²) in [6.45, 7) is 1.93. The number of halogens is 1. The van der Waals surface area contributed by atoms with Gasteiger partial charge in [0.2, 0.25) is 0 Å². The molecule has 0 bridgehead atoms. The van der Waals surface area contributed by atoms with Crippen molar-refractivity contribution in [2.45, 2.75) is 13.0 Å². The number of fused-ring (bicyclic) bond motifs is 1. The maximum Gasteiger partial charge on any atom is 0.123 e. The number of benzene rings is 2. The maximum absolute atomic E-state index is 12.9. The molecule has 0 unspecified atom stereocenters. The minimum Gasteiger partial charge on any atom is -0.324 e. The molecule has 2 aromatic rings. The Balaban J connectivity index is 2.75. The second-order valence-corrected chi connectivity index (χ2v) is 3.50. The van der Waals surface area contributed by atoms with E-state index in [9.17, 15) is 4.39 Å². The lowest BCUT2D eigenvalue weighted by Crippen LogP contribution is -2.05. The highest BCUT2D eigenvalue weighted by atomic mass is 19.1. The van der Waals surface area contributed by atoms with Crippen LogP contribution in [0.25, 0.3) is 10.8 Å². The quantitative estimate of drug-likeness (QED) is 0.733. The number of rotatable bonds is 1. The van der Waals surface area contributed by atoms with Crippen LogP contribution in [0, 0.1) is 5.82 Å². The second kappa shape index (κ2) is 3.39. The molecule has 1 atom stereocenters. The van der Waals surface area contributed by atoms with Crippen LogP contribution >= 0.6 is 0 Å². The molecule has 0 aliphatic carbocycles. The molecule has 0 radical (unpaired) electrons. The van der Waals surface area contributed by atoms with E-state index in [1.54, 1.807) is 6.07 Å². The number of nitrogens with two attached hydrogens (primary N) is 1. The van der Waals surface area contributed by atoms with Crippen molar-refractivity contribution in [3.63, 3.8) is 0 Å². The summed E-state index contributed by atoms with van der Waals surface area (Å²) in [7, 11) is 0. The fourth-order valence-electron chi connectivity index (χ4n) is 1.68. The Bertz CT molecular complexity index is 463. The molecule has 14 heavy (non-hydrogen) atoms. The average Bonchev–Trinajstić information content (AvgIpc) is 2.16. The predicted molar refractivity (Wildman–Crippen MR) is 56.5 cm³/mol. The second-order valence-electron chi connectivity index (χ2n) is 3.50. The maximum atomic E-state index is 12.9. The Morgan fingerprint density at radius 1 is 1.21 bits per heavy atom. The van der Waals surface area contributed by atoms with Crippen LogP contribution in [-0.2, 0) is 0 Å². The molecule has 0 saturated heterocycles. The van der Waals surface area contributed by atoms with Crippen LogP contribution < -0.4 is 5.73 Å². The molecule has 2 heteroatoms. The highest BCUT2D eigenvalue weighted by Crippen LogP contribution is 2.23. The molecule has 2 aromatic carbocycles. The minimum atomic E-state index is -0.209. The van der Waals surface area contributed by atoms with Crippen molar-refractivity contribution < 1.29 is 4.39 Å². The van der Waals surface area contributed by atoms with Crippen LogP contribution in [0.15, 0.2) is 36.4 Å². The van der Waals surface area contributed by atoms with Crippen LogP contribution in [0.1, 0.15) is 18.5 Å². The largest absolute Gasteiger partial charge is 0.324 e. The van der Waals surface area contributed by atoms with Gasteiger partial charge < -0.3 is 5.73 Å². The van der Waals surface area contributed by atoms with Gasteiger partial charge in [-0.15, -0.1) is 0 Å². The summed E-state index contributed by atoms with van der Waals surface area (Å²) in [5, 5.41) is 1.93. The van der Waals surface area contributed by atoms with Gasteiger partial charge in [-0.05, 0) is 35.4 Å². The lowest BCUT2D eigenvalue weighted by Gasteiger charge is -2.09. The SMILES string of the molecule is C[C@@H](N)c1cccc2cc(F)ccc12. The van der Waals surface area contributed by atoms with Crippen molar-refractivity contribution in [1.82, 2.24) is 0 Å². The standard InChI is InChI=1S/C12H12FN/c1-8(14)11-4-2-3-9-7-10(13)5-6-12(9)11/h2-8H,14H2,1H3/t8-/m1/s1. The Hall–Kier alpha value is -1.41. The van der Waals surface area contributed by atoms with Crippen LogP contribution in [-0.4, -0.2) is 0 Å². The monoisotopic (exact) mass is 189 g/mol. The average molecular weight is 189 g/mol. The summed E-state index contributed by atoms with van der Waals surface area (Å²) < 4.78 is 12.9. The third-order valence-corrected chi connectivity index (χ3v) is 2.37. The van der Waals surface area contributed by atoms with Gasteiger partial charge in [0.05, 0.1) is 0 Å². The lowest BCUT2D eigenvalue weighted by molar-refractivity contribution is 0.629. The molecule has 0 aromatic heterocycles. The zero-order chi connectivity index (χ0) is 10.1. The van der Waals surface area contributed by atoms with E-state index in [0.29, 0.717) is 0 Å². The molecular weight excluding hydrogens is 177 g/mol. The Morgan fingerprint density at radius 2 is 2.00 bits per heavy atom. The van der Waals surface area contributed by atoms with E-state index in [2.05, 4.69) is 0 Å². The van der Waals surface area contributed by atoms with Crippen molar-refractivity contribution in [2.75, 3.05) is 0 Å². The third kappa shape index (κ3) is 1.49. The number of hydrogen-bond donors (Lipinski definition) is 1. The zero-order valence-corrected chi connectivity index (χ0v) is 8.00. The Labute approximate surface area is 82.3 Å². The van der Waals surface area contributed by atoms with Gasteiger partial charge in [0.15, 0.2) is 0 Å². The molecule has 0 fully saturated rings. The molecule has 2 rings (SSSR count). The van der Waals surface area contributed by atoms with E-state index < -0.39 is 0 Å². The lowest BCUT2D eigenvalue weighted by atomic mass is 10.0. The normalized spacial score (nSPS) is 13.1. The minimum absolute atomic E-state index is 0.0239. The number of hydrogen-bond acceptors (Lipinski definition) is 1. The molecule has 1 nitrogen and oxygen atoms in total. The fourth-order valence-corrected chi connectivity index (χ4v) is 1.68. The van der Waals surface area contributed by atoms with Crippen molar-refractivity contribution in [2.24, 2.45) is 5.73 Å². The summed E-state index contributed by atoms with van der Waals surface area (Å²) in [5.74, 6) is -0.209. The van der Waals surface area contributed by atoms with Crippen LogP contribution in [0.5, 0.6) is 0 Å². The van der Waals surface area contributed by atoms with Crippen LogP contribution in [0.3, 0.4) is 0 Å². The smallest absolute Gasteiger partial charge is 0.123 e. The van der Waals surface area contributed by atoms with Gasteiger partial charge in [-0.2, -0.15) is 0 Å². The first-order valence-corrected chi connectivity index (χ1v) is 4.62. The first kappa shape index (κ1) is 9.16. The van der Waals surface area contributed by atoms with Crippen molar-refractivity contribution >= 4 is 10.8 Å². The van der Waals surface area contributed by atoms with E-state index in [4.69, 9.17) is 5.73 Å². The van der Waals surface area contributed by atoms with E-state index in [1.807, 2.05) is 25.1 Å². The van der Waals surface area contributed by atoms with Gasteiger partial charge in [-0.3, -0.25) is 0 Å². The van der Waals surface area contributed by atoms with Crippen LogP contribution in [0.2, 0.25) is 0 Å². The van der Waals surface area contributed by atoms with Crippen molar-refractivity contribution in [3.8, 4) is 0 Å². The molecule has 72 valence electrons. The fraction of sp³-hybridized carbons (Fsp3) is 0.167. The zero-order valence-electron chi connectivity index (χ0n) is 8.00. The Morgan fingerprint density at radius 3 is 2.71 bits per heavy atom. The van der Waals surface area contributed by atoms with Crippen molar-refractivity contribution in [3.05, 3.63) is 47.8 Å². The molecule has 2 N–H and O–H groups in total. The third-order valence-electron chi connectivity index (χ3n) is 2.37. The summed E-state index contributed by atoms with van der Waals surface area (Å²) in [6, 6.07) is 10.5.